The molecule has 0 saturated heterocycles. The zero-order valence-corrected chi connectivity index (χ0v) is 11.9. The van der Waals surface area contributed by atoms with Gasteiger partial charge in [0.15, 0.2) is 21.3 Å². The van der Waals surface area contributed by atoms with E-state index in [4.69, 9.17) is 9.47 Å². The van der Waals surface area contributed by atoms with Crippen LogP contribution in [-0.4, -0.2) is 40.3 Å². The Morgan fingerprint density at radius 1 is 1.25 bits per heavy atom. The molecule has 1 aromatic carbocycles. The lowest BCUT2D eigenvalue weighted by atomic mass is 10.1. The highest BCUT2D eigenvalue weighted by Gasteiger charge is 2.23. The van der Waals surface area contributed by atoms with Crippen LogP contribution in [0.5, 0.6) is 11.5 Å². The van der Waals surface area contributed by atoms with E-state index in [2.05, 4.69) is 5.32 Å². The van der Waals surface area contributed by atoms with E-state index in [1.54, 1.807) is 18.2 Å². The molecule has 20 heavy (non-hydrogen) atoms. The van der Waals surface area contributed by atoms with Gasteiger partial charge in [0.1, 0.15) is 0 Å². The van der Waals surface area contributed by atoms with E-state index in [1.165, 1.54) is 20.3 Å². The largest absolute Gasteiger partial charge is 0.493 e. The monoisotopic (exact) mass is 297 g/mol. The number of methoxy groups -OCH3 is 2. The van der Waals surface area contributed by atoms with Crippen molar-refractivity contribution in [3.05, 3.63) is 35.2 Å². The number of hydrogen-bond acceptors (Lipinski definition) is 5. The Balaban J connectivity index is 2.12. The van der Waals surface area contributed by atoms with Gasteiger partial charge in [-0.3, -0.25) is 4.79 Å². The Morgan fingerprint density at radius 2 is 1.95 bits per heavy atom. The van der Waals surface area contributed by atoms with Crippen molar-refractivity contribution in [1.29, 1.82) is 0 Å². The molecule has 1 N–H and O–H groups in total. The number of carbonyl (C=O) groups excluding carboxylic acids is 1. The average molecular weight is 297 g/mol. The predicted octanol–water partition coefficient (Wildman–Crippen LogP) is 0.744. The minimum atomic E-state index is -3.19. The summed E-state index contributed by atoms with van der Waals surface area (Å²) < 4.78 is 32.7. The molecule has 0 spiro atoms. The Kier molecular flexibility index (Phi) is 3.99. The topological polar surface area (TPSA) is 81.7 Å². The van der Waals surface area contributed by atoms with Gasteiger partial charge in [0.05, 0.1) is 26.0 Å². The predicted molar refractivity (Wildman–Crippen MR) is 73.7 cm³/mol. The highest BCUT2D eigenvalue weighted by atomic mass is 32.2. The quantitative estimate of drug-likeness (QED) is 0.886. The summed E-state index contributed by atoms with van der Waals surface area (Å²) in [5.74, 6) is 0.492. The summed E-state index contributed by atoms with van der Waals surface area (Å²) in [6.07, 6.45) is 1.47. The van der Waals surface area contributed by atoms with Gasteiger partial charge in [0.2, 0.25) is 0 Å². The minimum Gasteiger partial charge on any atom is -0.493 e. The van der Waals surface area contributed by atoms with Crippen molar-refractivity contribution in [2.45, 2.75) is 6.04 Å². The van der Waals surface area contributed by atoms with Crippen LogP contribution in [0, 0.1) is 0 Å². The van der Waals surface area contributed by atoms with Crippen molar-refractivity contribution in [3.63, 3.8) is 0 Å². The Hall–Kier alpha value is -2.02. The first kappa shape index (κ1) is 14.4. The van der Waals surface area contributed by atoms with E-state index in [9.17, 15) is 13.2 Å². The Morgan fingerprint density at radius 3 is 2.50 bits per heavy atom. The molecule has 0 unspecified atom stereocenters. The molecule has 0 aromatic heterocycles. The number of sulfone groups is 1. The first-order valence-electron chi connectivity index (χ1n) is 5.89. The summed E-state index contributed by atoms with van der Waals surface area (Å²) >= 11 is 0. The van der Waals surface area contributed by atoms with Gasteiger partial charge in [-0.15, -0.1) is 0 Å². The molecule has 108 valence electrons. The third-order valence-corrected chi connectivity index (χ3v) is 4.29. The fourth-order valence-electron chi connectivity index (χ4n) is 1.89. The molecule has 0 saturated carbocycles. The van der Waals surface area contributed by atoms with Crippen molar-refractivity contribution in [3.8, 4) is 11.5 Å². The molecule has 0 fully saturated rings. The van der Waals surface area contributed by atoms with E-state index < -0.39 is 15.9 Å². The average Bonchev–Trinajstić information content (AvgIpc) is 2.76. The third kappa shape index (κ3) is 3.11. The smallest absolute Gasteiger partial charge is 0.251 e. The van der Waals surface area contributed by atoms with Crippen molar-refractivity contribution in [2.75, 3.05) is 20.0 Å². The number of nitrogens with one attached hydrogen (secondary N) is 1. The fraction of sp³-hybridized carbons (Fsp3) is 0.308. The number of rotatable bonds is 4. The SMILES string of the molecule is COc1ccc(C(=O)N[C@@H]2C=CS(=O)(=O)C2)cc1OC. The van der Waals surface area contributed by atoms with Gasteiger partial charge in [-0.2, -0.15) is 0 Å². The molecule has 7 heteroatoms. The normalized spacial score (nSPS) is 19.6. The van der Waals surface area contributed by atoms with Crippen molar-refractivity contribution in [2.24, 2.45) is 0 Å². The summed E-state index contributed by atoms with van der Waals surface area (Å²) in [5, 5.41) is 3.76. The third-order valence-electron chi connectivity index (χ3n) is 2.89. The molecule has 6 nitrogen and oxygen atoms in total. The highest BCUT2D eigenvalue weighted by molar-refractivity contribution is 7.94. The molecule has 0 aliphatic carbocycles. The molecule has 1 heterocycles. The van der Waals surface area contributed by atoms with Crippen molar-refractivity contribution >= 4 is 15.7 Å². The number of amides is 1. The molecule has 0 radical (unpaired) electrons. The summed E-state index contributed by atoms with van der Waals surface area (Å²) in [6, 6.07) is 4.25. The first-order chi connectivity index (χ1) is 9.45. The molecule has 1 aliphatic rings. The fourth-order valence-corrected chi connectivity index (χ4v) is 3.13. The van der Waals surface area contributed by atoms with Crippen LogP contribution in [0.25, 0.3) is 0 Å². The number of ether oxygens (including phenoxy) is 2. The van der Waals surface area contributed by atoms with Crippen LogP contribution in [0.15, 0.2) is 29.7 Å². The van der Waals surface area contributed by atoms with Crippen molar-refractivity contribution in [1.82, 2.24) is 5.32 Å². The zero-order chi connectivity index (χ0) is 14.8. The Bertz CT molecular complexity index is 651. The highest BCUT2D eigenvalue weighted by Crippen LogP contribution is 2.27. The maximum Gasteiger partial charge on any atom is 0.251 e. The van der Waals surface area contributed by atoms with Gasteiger partial charge in [0, 0.05) is 11.0 Å². The summed E-state index contributed by atoms with van der Waals surface area (Å²) in [6.45, 7) is 0. The van der Waals surface area contributed by atoms with Gasteiger partial charge >= 0.3 is 0 Å². The molecular formula is C13H15NO5S. The summed E-state index contributed by atoms with van der Waals surface area (Å²) in [4.78, 5) is 12.0. The molecule has 1 aliphatic heterocycles. The van der Waals surface area contributed by atoms with Gasteiger partial charge in [-0.1, -0.05) is 0 Å². The van der Waals surface area contributed by atoms with Crippen LogP contribution >= 0.6 is 0 Å². The van der Waals surface area contributed by atoms with Crippen LogP contribution < -0.4 is 14.8 Å². The van der Waals surface area contributed by atoms with E-state index in [-0.39, 0.29) is 11.7 Å². The van der Waals surface area contributed by atoms with Crippen molar-refractivity contribution < 1.29 is 22.7 Å². The van der Waals surface area contributed by atoms with Crippen LogP contribution in [0.4, 0.5) is 0 Å². The van der Waals surface area contributed by atoms with Crippen LogP contribution in [0.3, 0.4) is 0 Å². The molecule has 0 bridgehead atoms. The maximum absolute atomic E-state index is 12.0. The molecule has 1 amide bonds. The molecular weight excluding hydrogens is 282 g/mol. The van der Waals surface area contributed by atoms with Crippen LogP contribution in [0.1, 0.15) is 10.4 Å². The van der Waals surface area contributed by atoms with Crippen LogP contribution in [0.2, 0.25) is 0 Å². The first-order valence-corrected chi connectivity index (χ1v) is 7.60. The lowest BCUT2D eigenvalue weighted by Crippen LogP contribution is -2.35. The second-order valence-corrected chi connectivity index (χ2v) is 6.24. The van der Waals surface area contributed by atoms with E-state index >= 15 is 0 Å². The van der Waals surface area contributed by atoms with E-state index in [1.807, 2.05) is 0 Å². The Labute approximate surface area is 117 Å². The molecule has 2 rings (SSSR count). The number of benzene rings is 1. The van der Waals surface area contributed by atoms with Gasteiger partial charge in [0.25, 0.3) is 5.91 Å². The number of carbonyl (C=O) groups is 1. The zero-order valence-electron chi connectivity index (χ0n) is 11.1. The van der Waals surface area contributed by atoms with Crippen LogP contribution in [-0.2, 0) is 9.84 Å². The van der Waals surface area contributed by atoms with E-state index in [0.29, 0.717) is 17.1 Å². The second kappa shape index (κ2) is 5.54. The summed E-state index contributed by atoms with van der Waals surface area (Å²) in [5.41, 5.74) is 0.375. The second-order valence-electron chi connectivity index (χ2n) is 4.31. The molecule has 1 atom stereocenters. The number of hydrogen-bond donors (Lipinski definition) is 1. The maximum atomic E-state index is 12.0. The summed E-state index contributed by atoms with van der Waals surface area (Å²) in [7, 11) is -0.203. The molecule has 1 aromatic rings. The van der Waals surface area contributed by atoms with Gasteiger partial charge in [-0.25, -0.2) is 8.42 Å². The lowest BCUT2D eigenvalue weighted by molar-refractivity contribution is 0.0947. The minimum absolute atomic E-state index is 0.105. The standard InChI is InChI=1S/C13H15NO5S/c1-18-11-4-3-9(7-12(11)19-2)13(15)14-10-5-6-20(16,17)8-10/h3-7,10H,8H2,1-2H3,(H,14,15)/t10-/m1/s1. The lowest BCUT2D eigenvalue weighted by Gasteiger charge is -2.12. The van der Waals surface area contributed by atoms with E-state index in [0.717, 1.165) is 5.41 Å². The van der Waals surface area contributed by atoms with Gasteiger partial charge in [-0.05, 0) is 24.3 Å². The van der Waals surface area contributed by atoms with Gasteiger partial charge < -0.3 is 14.8 Å².